The first-order chi connectivity index (χ1) is 16.8. The fraction of sp³-hybridized carbons (Fsp3) is 0.500. The molecule has 0 unspecified atom stereocenters. The minimum atomic E-state index is -2.30. The summed E-state index contributed by atoms with van der Waals surface area (Å²) in [6.07, 6.45) is -0.234. The van der Waals surface area contributed by atoms with Crippen LogP contribution in [0.15, 0.2) is 24.3 Å². The van der Waals surface area contributed by atoms with Crippen LogP contribution in [0.1, 0.15) is 50.7 Å². The van der Waals surface area contributed by atoms with Crippen molar-refractivity contribution in [1.82, 2.24) is 9.88 Å². The maximum absolute atomic E-state index is 15.0. The molecule has 1 aliphatic rings. The lowest BCUT2D eigenvalue weighted by Gasteiger charge is -2.36. The molecule has 2 amide bonds. The summed E-state index contributed by atoms with van der Waals surface area (Å²) >= 11 is 0. The number of nitrogens with zero attached hydrogens (tertiary/aromatic N) is 2. The second-order valence-corrected chi connectivity index (χ2v) is 15.6. The normalized spacial score (nSPS) is 15.9. The lowest BCUT2D eigenvalue weighted by atomic mass is 9.95. The van der Waals surface area contributed by atoms with Gasteiger partial charge in [-0.2, -0.15) is 0 Å². The van der Waals surface area contributed by atoms with Gasteiger partial charge in [-0.1, -0.05) is 32.1 Å². The number of anilines is 1. The first-order valence-electron chi connectivity index (χ1n) is 12.0. The largest absolute Gasteiger partial charge is 0.444 e. The Kier molecular flexibility index (Phi) is 8.19. The molecule has 196 valence electrons. The number of hydrogen-bond donors (Lipinski definition) is 1. The van der Waals surface area contributed by atoms with Crippen molar-refractivity contribution in [3.8, 4) is 0 Å². The third kappa shape index (κ3) is 6.10. The van der Waals surface area contributed by atoms with E-state index in [1.165, 1.54) is 4.90 Å². The molecule has 1 aromatic carbocycles. The summed E-state index contributed by atoms with van der Waals surface area (Å²) in [5.74, 6) is -1.97. The number of fused-ring (bicyclic) bond motifs is 1. The predicted octanol–water partition coefficient (Wildman–Crippen LogP) is 4.91. The van der Waals surface area contributed by atoms with Crippen molar-refractivity contribution in [3.05, 3.63) is 52.9 Å². The van der Waals surface area contributed by atoms with E-state index in [1.807, 2.05) is 20.0 Å². The minimum absolute atomic E-state index is 0.0140. The second-order valence-electron chi connectivity index (χ2n) is 10.6. The van der Waals surface area contributed by atoms with Crippen molar-refractivity contribution in [2.45, 2.75) is 71.5 Å². The lowest BCUT2D eigenvalue weighted by Crippen LogP contribution is -2.47. The van der Waals surface area contributed by atoms with E-state index in [-0.39, 0.29) is 17.4 Å². The summed E-state index contributed by atoms with van der Waals surface area (Å²) in [7, 11) is -0.732. The molecule has 0 aliphatic carbocycles. The average Bonchev–Trinajstić information content (AvgIpc) is 2.76. The number of carbonyl (C=O) groups excluding carboxylic acids is 2. The Morgan fingerprint density at radius 2 is 1.83 bits per heavy atom. The highest BCUT2D eigenvalue weighted by molar-refractivity contribution is 6.89. The topological polar surface area (TPSA) is 80.8 Å². The van der Waals surface area contributed by atoms with Crippen molar-refractivity contribution in [2.75, 3.05) is 19.0 Å². The standard InChI is InChI=1S/C26H35F2N3O4Si/c1-8-36(6,7)23-19(27)13-17(14-20(23)28)30-24(32)22-18-10-9-16(15-34-5)29-21(18)11-12-31(22)25(33)35-26(2,3)4/h9-10,13-14,22H,8,11-12,15H2,1-7H3,(H,30,32)/t22-/m1/s1. The Hall–Kier alpha value is -2.85. The third-order valence-electron chi connectivity index (χ3n) is 6.30. The van der Waals surface area contributed by atoms with Crippen LogP contribution in [0, 0.1) is 11.6 Å². The van der Waals surface area contributed by atoms with Crippen molar-refractivity contribution < 1.29 is 27.8 Å². The van der Waals surface area contributed by atoms with Gasteiger partial charge in [-0.15, -0.1) is 0 Å². The van der Waals surface area contributed by atoms with Crippen LogP contribution in [0.4, 0.5) is 19.3 Å². The van der Waals surface area contributed by atoms with Gasteiger partial charge in [-0.25, -0.2) is 13.6 Å². The fourth-order valence-electron chi connectivity index (χ4n) is 4.24. The number of pyridine rings is 1. The number of halogens is 2. The first kappa shape index (κ1) is 27.7. The zero-order valence-electron chi connectivity index (χ0n) is 22.0. The van der Waals surface area contributed by atoms with Gasteiger partial charge in [0.25, 0.3) is 5.91 Å². The van der Waals surface area contributed by atoms with E-state index < -0.39 is 43.4 Å². The van der Waals surface area contributed by atoms with Crippen molar-refractivity contribution in [1.29, 1.82) is 0 Å². The van der Waals surface area contributed by atoms with E-state index in [0.717, 1.165) is 12.1 Å². The van der Waals surface area contributed by atoms with E-state index in [9.17, 15) is 18.4 Å². The van der Waals surface area contributed by atoms with Crippen LogP contribution in [-0.4, -0.2) is 49.2 Å². The molecule has 0 radical (unpaired) electrons. The van der Waals surface area contributed by atoms with Crippen LogP contribution in [0.2, 0.25) is 19.1 Å². The molecule has 0 saturated carbocycles. The second kappa shape index (κ2) is 10.6. The Balaban J connectivity index is 1.98. The molecule has 0 fully saturated rings. The van der Waals surface area contributed by atoms with E-state index in [0.29, 0.717) is 36.0 Å². The minimum Gasteiger partial charge on any atom is -0.444 e. The van der Waals surface area contributed by atoms with Gasteiger partial charge in [0.2, 0.25) is 0 Å². The molecule has 1 aromatic heterocycles. The number of ether oxygens (including phenoxy) is 2. The van der Waals surface area contributed by atoms with E-state index >= 15 is 0 Å². The van der Waals surface area contributed by atoms with Crippen LogP contribution < -0.4 is 10.5 Å². The zero-order valence-corrected chi connectivity index (χ0v) is 23.0. The summed E-state index contributed by atoms with van der Waals surface area (Å²) < 4.78 is 40.6. The molecule has 10 heteroatoms. The molecular weight excluding hydrogens is 484 g/mol. The fourth-order valence-corrected chi connectivity index (χ4v) is 6.03. The van der Waals surface area contributed by atoms with Gasteiger partial charge >= 0.3 is 6.09 Å². The quantitative estimate of drug-likeness (QED) is 0.549. The van der Waals surface area contributed by atoms with E-state index in [4.69, 9.17) is 9.47 Å². The van der Waals surface area contributed by atoms with Crippen LogP contribution in [-0.2, 0) is 27.3 Å². The molecule has 0 saturated heterocycles. The van der Waals surface area contributed by atoms with Gasteiger partial charge in [0, 0.05) is 42.2 Å². The summed E-state index contributed by atoms with van der Waals surface area (Å²) in [5, 5.41) is 2.72. The Morgan fingerprint density at radius 1 is 1.19 bits per heavy atom. The van der Waals surface area contributed by atoms with Crippen LogP contribution in [0.5, 0.6) is 0 Å². The average molecular weight is 520 g/mol. The number of amides is 2. The molecule has 0 bridgehead atoms. The maximum atomic E-state index is 15.0. The molecule has 2 aromatic rings. The van der Waals surface area contributed by atoms with Gasteiger partial charge in [-0.05, 0) is 39.0 Å². The molecule has 2 heterocycles. The van der Waals surface area contributed by atoms with Gasteiger partial charge in [0.15, 0.2) is 0 Å². The zero-order chi connectivity index (χ0) is 26.8. The van der Waals surface area contributed by atoms with Crippen LogP contribution in [0.25, 0.3) is 0 Å². The van der Waals surface area contributed by atoms with Crippen molar-refractivity contribution in [2.24, 2.45) is 0 Å². The molecule has 36 heavy (non-hydrogen) atoms. The third-order valence-corrected chi connectivity index (χ3v) is 9.90. The highest BCUT2D eigenvalue weighted by Gasteiger charge is 2.39. The number of methoxy groups -OCH3 is 1. The lowest BCUT2D eigenvalue weighted by molar-refractivity contribution is -0.122. The van der Waals surface area contributed by atoms with Crippen LogP contribution in [0.3, 0.4) is 0 Å². The van der Waals surface area contributed by atoms with E-state index in [2.05, 4.69) is 10.3 Å². The number of hydrogen-bond acceptors (Lipinski definition) is 5. The molecule has 7 nitrogen and oxygen atoms in total. The highest BCUT2D eigenvalue weighted by Crippen LogP contribution is 2.32. The summed E-state index contributed by atoms with van der Waals surface area (Å²) in [6.45, 7) is 11.4. The highest BCUT2D eigenvalue weighted by atomic mass is 28.3. The number of benzene rings is 1. The van der Waals surface area contributed by atoms with Gasteiger partial charge in [0.1, 0.15) is 23.3 Å². The SMILES string of the molecule is CC[Si](C)(C)c1c(F)cc(NC(=O)[C@H]2c3ccc(COC)nc3CCN2C(=O)OC(C)(C)C)cc1F. The number of nitrogens with one attached hydrogen (secondary N) is 1. The Labute approximate surface area is 212 Å². The van der Waals surface area contributed by atoms with Crippen molar-refractivity contribution >= 4 is 30.9 Å². The van der Waals surface area contributed by atoms with Crippen molar-refractivity contribution in [3.63, 3.8) is 0 Å². The Morgan fingerprint density at radius 3 is 2.39 bits per heavy atom. The molecule has 0 spiro atoms. The van der Waals surface area contributed by atoms with Gasteiger partial charge in [-0.3, -0.25) is 14.7 Å². The maximum Gasteiger partial charge on any atom is 0.411 e. The molecule has 3 rings (SSSR count). The number of rotatable bonds is 6. The molecule has 1 N–H and O–H groups in total. The predicted molar refractivity (Wildman–Crippen MR) is 137 cm³/mol. The van der Waals surface area contributed by atoms with Gasteiger partial charge < -0.3 is 14.8 Å². The Bertz CT molecular complexity index is 1130. The summed E-state index contributed by atoms with van der Waals surface area (Å²) in [4.78, 5) is 32.5. The summed E-state index contributed by atoms with van der Waals surface area (Å²) in [5.41, 5.74) is 1.11. The monoisotopic (exact) mass is 519 g/mol. The van der Waals surface area contributed by atoms with Gasteiger partial charge in [0.05, 0.1) is 20.4 Å². The van der Waals surface area contributed by atoms with E-state index in [1.54, 1.807) is 40.0 Å². The van der Waals surface area contributed by atoms with Crippen LogP contribution >= 0.6 is 0 Å². The smallest absolute Gasteiger partial charge is 0.411 e. The number of aromatic nitrogens is 1. The summed E-state index contributed by atoms with van der Waals surface area (Å²) in [6, 6.07) is 5.34. The first-order valence-corrected chi connectivity index (χ1v) is 15.3. The molecule has 1 atom stereocenters. The number of carbonyl (C=O) groups is 2. The molecule has 1 aliphatic heterocycles. The molecular formula is C26H35F2N3O4Si.